The maximum atomic E-state index is 9.65. The first-order valence-corrected chi connectivity index (χ1v) is 2.10. The molecule has 0 rings (SSSR count). The number of rotatable bonds is 3. The zero-order valence-corrected chi connectivity index (χ0v) is 5.79. The van der Waals surface area contributed by atoms with Crippen molar-refractivity contribution in [2.24, 2.45) is 0 Å². The summed E-state index contributed by atoms with van der Waals surface area (Å²) in [5, 5.41) is 16.0. The average molecular weight is 211 g/mol. The summed E-state index contributed by atoms with van der Waals surface area (Å²) in [7, 11) is 0. The molecule has 0 amide bonds. The molecule has 2 N–H and O–H groups in total. The molecule has 0 bridgehead atoms. The van der Waals surface area contributed by atoms with Crippen molar-refractivity contribution < 1.29 is 35.4 Å². The van der Waals surface area contributed by atoms with E-state index in [1.807, 2.05) is 0 Å². The van der Waals surface area contributed by atoms with Crippen LogP contribution in [0.15, 0.2) is 0 Å². The number of aliphatic hydroxyl groups excluding tert-OH is 1. The Morgan fingerprint density at radius 1 is 1.50 bits per heavy atom. The van der Waals surface area contributed by atoms with E-state index in [2.05, 4.69) is 0 Å². The maximum absolute atomic E-state index is 9.65. The van der Waals surface area contributed by atoms with E-state index in [4.69, 9.17) is 10.2 Å². The van der Waals surface area contributed by atoms with Gasteiger partial charge in [0.2, 0.25) is 0 Å². The van der Waals surface area contributed by atoms with Gasteiger partial charge in [-0.15, -0.1) is 0 Å². The van der Waals surface area contributed by atoms with Gasteiger partial charge in [-0.3, -0.25) is 4.79 Å². The van der Waals surface area contributed by atoms with Gasteiger partial charge in [-0.2, -0.15) is 0 Å². The molecule has 0 aromatic rings. The molecule has 52 valence electrons. The molecule has 0 aliphatic carbocycles. The van der Waals surface area contributed by atoms with Gasteiger partial charge in [-0.25, -0.2) is 0 Å². The number of hydrogen-bond acceptors (Lipinski definition) is 2. The fourth-order valence-electron chi connectivity index (χ4n) is 0.230. The van der Waals surface area contributed by atoms with E-state index in [1.54, 1.807) is 0 Å². The summed E-state index contributed by atoms with van der Waals surface area (Å²) in [5.41, 5.74) is 0. The number of carbonyl (C=O) groups is 1. The minimum atomic E-state index is -0.853. The van der Waals surface area contributed by atoms with Crippen molar-refractivity contribution in [2.45, 2.75) is 12.8 Å². The monoisotopic (exact) mass is 210 g/mol. The molecule has 0 atom stereocenters. The van der Waals surface area contributed by atoms with Gasteiger partial charge in [0.1, 0.15) is 0 Å². The van der Waals surface area contributed by atoms with Crippen molar-refractivity contribution >= 4 is 5.97 Å². The van der Waals surface area contributed by atoms with Crippen molar-refractivity contribution in [1.29, 1.82) is 0 Å². The van der Waals surface area contributed by atoms with E-state index in [0.29, 0.717) is 6.42 Å². The van der Waals surface area contributed by atoms with Crippen molar-refractivity contribution in [3.63, 3.8) is 0 Å². The Morgan fingerprint density at radius 2 is 2.00 bits per heavy atom. The summed E-state index contributed by atoms with van der Waals surface area (Å²) in [5.74, 6) is -0.853. The third-order valence-corrected chi connectivity index (χ3v) is 0.549. The van der Waals surface area contributed by atoms with Gasteiger partial charge in [-0.1, -0.05) is 0 Å². The number of carboxylic acids is 1. The van der Waals surface area contributed by atoms with E-state index in [9.17, 15) is 4.79 Å². The normalized spacial score (nSPS) is 7.62. The number of hydrogen-bond donors (Lipinski definition) is 2. The fraction of sp³-hybridized carbons (Fsp3) is 0.750. The minimum absolute atomic E-state index is 0. The Hall–Kier alpha value is 0.0923. The van der Waals surface area contributed by atoms with Gasteiger partial charge in [0, 0.05) is 33.5 Å². The van der Waals surface area contributed by atoms with Crippen LogP contribution in [0, 0.1) is 0 Å². The zero-order chi connectivity index (χ0) is 5.70. The molecular formula is C4H8O3Pd. The first-order chi connectivity index (χ1) is 3.27. The standard InChI is InChI=1S/C4H8O3.Pd/c5-3-1-2-4(6)7;/h5H,1-3H2,(H,6,7);. The summed E-state index contributed by atoms with van der Waals surface area (Å²) in [6.07, 6.45) is 0.422. The molecule has 0 aromatic carbocycles. The van der Waals surface area contributed by atoms with Gasteiger partial charge >= 0.3 is 5.97 Å². The van der Waals surface area contributed by atoms with Crippen LogP contribution in [0.2, 0.25) is 0 Å². The van der Waals surface area contributed by atoms with Crippen LogP contribution < -0.4 is 0 Å². The molecule has 0 fully saturated rings. The molecule has 0 unspecified atom stereocenters. The van der Waals surface area contributed by atoms with Crippen molar-refractivity contribution in [1.82, 2.24) is 0 Å². The molecule has 3 nitrogen and oxygen atoms in total. The van der Waals surface area contributed by atoms with Gasteiger partial charge in [0.05, 0.1) is 0 Å². The fourth-order valence-corrected chi connectivity index (χ4v) is 0.230. The smallest absolute Gasteiger partial charge is 0.303 e. The van der Waals surface area contributed by atoms with Crippen LogP contribution in [0.5, 0.6) is 0 Å². The Balaban J connectivity index is 0. The van der Waals surface area contributed by atoms with Crippen LogP contribution in [0.3, 0.4) is 0 Å². The first-order valence-electron chi connectivity index (χ1n) is 2.10. The Bertz CT molecular complexity index is 64.3. The van der Waals surface area contributed by atoms with Crippen molar-refractivity contribution in [3.05, 3.63) is 0 Å². The second kappa shape index (κ2) is 7.09. The molecule has 0 saturated heterocycles. The summed E-state index contributed by atoms with van der Waals surface area (Å²) >= 11 is 0. The van der Waals surface area contributed by atoms with Gasteiger partial charge in [0.25, 0.3) is 0 Å². The number of aliphatic hydroxyl groups is 1. The van der Waals surface area contributed by atoms with Crippen LogP contribution >= 0.6 is 0 Å². The van der Waals surface area contributed by atoms with Crippen LogP contribution in [-0.4, -0.2) is 22.8 Å². The third-order valence-electron chi connectivity index (χ3n) is 0.549. The van der Waals surface area contributed by atoms with Gasteiger partial charge in [-0.05, 0) is 6.42 Å². The van der Waals surface area contributed by atoms with Gasteiger partial charge < -0.3 is 10.2 Å². The molecule has 0 aromatic heterocycles. The van der Waals surface area contributed by atoms with E-state index in [1.165, 1.54) is 0 Å². The van der Waals surface area contributed by atoms with Gasteiger partial charge in [0.15, 0.2) is 0 Å². The second-order valence-electron chi connectivity index (χ2n) is 1.22. The van der Waals surface area contributed by atoms with E-state index in [-0.39, 0.29) is 33.5 Å². The Morgan fingerprint density at radius 3 is 2.12 bits per heavy atom. The molecule has 4 heteroatoms. The molecule has 8 heavy (non-hydrogen) atoms. The van der Waals surface area contributed by atoms with Crippen molar-refractivity contribution in [2.75, 3.05) is 6.61 Å². The molecule has 0 spiro atoms. The van der Waals surface area contributed by atoms with E-state index >= 15 is 0 Å². The Labute approximate surface area is 61.4 Å². The molecular weight excluding hydrogens is 202 g/mol. The van der Waals surface area contributed by atoms with E-state index in [0.717, 1.165) is 0 Å². The number of carboxylic acid groups (broad SMARTS) is 1. The quantitative estimate of drug-likeness (QED) is 0.637. The molecule has 0 aliphatic heterocycles. The van der Waals surface area contributed by atoms with Crippen molar-refractivity contribution in [3.8, 4) is 0 Å². The van der Waals surface area contributed by atoms with Crippen LogP contribution in [0.1, 0.15) is 12.8 Å². The maximum Gasteiger partial charge on any atom is 0.303 e. The molecule has 0 heterocycles. The predicted molar refractivity (Wildman–Crippen MR) is 24.0 cm³/mol. The molecule has 0 aliphatic rings. The summed E-state index contributed by atoms with van der Waals surface area (Å²) in [6.45, 7) is -0.0354. The van der Waals surface area contributed by atoms with Crippen LogP contribution in [0.25, 0.3) is 0 Å². The first kappa shape index (κ1) is 11.0. The SMILES string of the molecule is O=C(O)CCCO.[Pd]. The van der Waals surface area contributed by atoms with Crippen LogP contribution in [-0.2, 0) is 25.2 Å². The molecule has 0 saturated carbocycles. The summed E-state index contributed by atoms with van der Waals surface area (Å²) < 4.78 is 0. The van der Waals surface area contributed by atoms with Crippen LogP contribution in [0.4, 0.5) is 0 Å². The summed E-state index contributed by atoms with van der Waals surface area (Å²) in [4.78, 5) is 9.65. The largest absolute Gasteiger partial charge is 0.481 e. The van der Waals surface area contributed by atoms with E-state index < -0.39 is 5.97 Å². The average Bonchev–Trinajstić information content (AvgIpc) is 1.61. The minimum Gasteiger partial charge on any atom is -0.481 e. The third kappa shape index (κ3) is 9.43. The number of aliphatic carboxylic acids is 1. The molecule has 0 radical (unpaired) electrons. The second-order valence-corrected chi connectivity index (χ2v) is 1.22. The topological polar surface area (TPSA) is 57.5 Å². The Kier molecular flexibility index (Phi) is 9.72. The zero-order valence-electron chi connectivity index (χ0n) is 4.24. The predicted octanol–water partition coefficient (Wildman–Crippen LogP) is -0.159. The summed E-state index contributed by atoms with van der Waals surface area (Å²) in [6, 6.07) is 0.